The molecule has 0 aliphatic rings. The highest BCUT2D eigenvalue weighted by Crippen LogP contribution is 2.21. The van der Waals surface area contributed by atoms with Crippen LogP contribution in [0.4, 0.5) is 11.4 Å². The van der Waals surface area contributed by atoms with Crippen molar-refractivity contribution in [2.24, 2.45) is 0 Å². The highest BCUT2D eigenvalue weighted by molar-refractivity contribution is 6.07. The van der Waals surface area contributed by atoms with Crippen LogP contribution in [-0.2, 0) is 6.61 Å². The van der Waals surface area contributed by atoms with E-state index in [1.807, 2.05) is 0 Å². The summed E-state index contributed by atoms with van der Waals surface area (Å²) in [5, 5.41) is 22.6. The van der Waals surface area contributed by atoms with E-state index in [9.17, 15) is 20.0 Å². The maximum atomic E-state index is 12.1. The normalized spacial score (nSPS) is 10.1. The second-order valence-electron chi connectivity index (χ2n) is 4.04. The molecule has 0 saturated heterocycles. The number of benzene rings is 2. The van der Waals surface area contributed by atoms with Crippen molar-refractivity contribution in [3.63, 3.8) is 0 Å². The van der Waals surface area contributed by atoms with Crippen molar-refractivity contribution < 1.29 is 14.8 Å². The first-order valence-electron chi connectivity index (χ1n) is 5.87. The fourth-order valence-corrected chi connectivity index (χ4v) is 1.79. The molecule has 0 fully saturated rings. The van der Waals surface area contributed by atoms with Gasteiger partial charge in [-0.2, -0.15) is 0 Å². The third-order valence-corrected chi connectivity index (χ3v) is 2.78. The fourth-order valence-electron chi connectivity index (χ4n) is 1.79. The van der Waals surface area contributed by atoms with Gasteiger partial charge in [0.25, 0.3) is 11.6 Å². The number of carbonyl (C=O) groups excluding carboxylic acids is 1. The lowest BCUT2D eigenvalue weighted by Crippen LogP contribution is -2.15. The summed E-state index contributed by atoms with van der Waals surface area (Å²) in [7, 11) is 0. The summed E-state index contributed by atoms with van der Waals surface area (Å²) < 4.78 is 0. The smallest absolute Gasteiger partial charge is 0.282 e. The molecule has 1 amide bonds. The number of anilines is 1. The number of hydrogen-bond acceptors (Lipinski definition) is 4. The zero-order valence-electron chi connectivity index (χ0n) is 10.4. The Hall–Kier alpha value is -2.73. The van der Waals surface area contributed by atoms with Gasteiger partial charge >= 0.3 is 0 Å². The molecule has 2 rings (SSSR count). The summed E-state index contributed by atoms with van der Waals surface area (Å²) in [6.07, 6.45) is 0. The van der Waals surface area contributed by atoms with E-state index in [1.54, 1.807) is 30.3 Å². The minimum absolute atomic E-state index is 0.0229. The number of aliphatic hydroxyl groups excluding tert-OH is 1. The van der Waals surface area contributed by atoms with Crippen LogP contribution in [0.3, 0.4) is 0 Å². The Morgan fingerprint density at radius 1 is 1.15 bits per heavy atom. The molecule has 0 saturated carbocycles. The van der Waals surface area contributed by atoms with Gasteiger partial charge in [0.05, 0.1) is 11.5 Å². The van der Waals surface area contributed by atoms with Crippen molar-refractivity contribution in [2.45, 2.75) is 6.61 Å². The number of hydrogen-bond donors (Lipinski definition) is 2. The Bertz CT molecular complexity index is 655. The second-order valence-corrected chi connectivity index (χ2v) is 4.04. The lowest BCUT2D eigenvalue weighted by Gasteiger charge is -2.09. The molecule has 0 unspecified atom stereocenters. The molecule has 2 aromatic carbocycles. The summed E-state index contributed by atoms with van der Waals surface area (Å²) in [6, 6.07) is 12.4. The van der Waals surface area contributed by atoms with Gasteiger partial charge in [0.1, 0.15) is 5.56 Å². The molecular formula is C14H12N2O4. The van der Waals surface area contributed by atoms with Crippen LogP contribution in [0.2, 0.25) is 0 Å². The molecule has 6 nitrogen and oxygen atoms in total. The molecule has 0 aliphatic heterocycles. The summed E-state index contributed by atoms with van der Waals surface area (Å²) in [5.41, 5.74) is 0.689. The average molecular weight is 272 g/mol. The molecule has 0 aliphatic carbocycles. The van der Waals surface area contributed by atoms with Crippen LogP contribution in [0.1, 0.15) is 15.9 Å². The van der Waals surface area contributed by atoms with Gasteiger partial charge in [0.2, 0.25) is 0 Å². The topological polar surface area (TPSA) is 92.5 Å². The van der Waals surface area contributed by atoms with Gasteiger partial charge in [-0.05, 0) is 12.1 Å². The van der Waals surface area contributed by atoms with Crippen molar-refractivity contribution >= 4 is 17.3 Å². The number of para-hydroxylation sites is 2. The van der Waals surface area contributed by atoms with E-state index >= 15 is 0 Å². The van der Waals surface area contributed by atoms with Gasteiger partial charge < -0.3 is 10.4 Å². The van der Waals surface area contributed by atoms with E-state index < -0.39 is 10.8 Å². The number of nitrogens with one attached hydrogen (secondary N) is 1. The van der Waals surface area contributed by atoms with Crippen LogP contribution < -0.4 is 5.32 Å². The van der Waals surface area contributed by atoms with Crippen molar-refractivity contribution in [3.05, 3.63) is 69.8 Å². The number of nitro groups is 1. The monoisotopic (exact) mass is 272 g/mol. The largest absolute Gasteiger partial charge is 0.392 e. The summed E-state index contributed by atoms with van der Waals surface area (Å²) >= 11 is 0. The van der Waals surface area contributed by atoms with Crippen molar-refractivity contribution in [1.29, 1.82) is 0 Å². The summed E-state index contributed by atoms with van der Waals surface area (Å²) in [4.78, 5) is 22.4. The first-order chi connectivity index (χ1) is 9.63. The third-order valence-electron chi connectivity index (χ3n) is 2.78. The van der Waals surface area contributed by atoms with Gasteiger partial charge in [-0.3, -0.25) is 14.9 Å². The molecule has 6 heteroatoms. The Morgan fingerprint density at radius 3 is 2.50 bits per heavy atom. The third kappa shape index (κ3) is 2.81. The molecule has 0 atom stereocenters. The second kappa shape index (κ2) is 5.94. The molecule has 2 aromatic rings. The Balaban J connectivity index is 2.31. The summed E-state index contributed by atoms with van der Waals surface area (Å²) in [5.74, 6) is -0.585. The zero-order valence-corrected chi connectivity index (χ0v) is 10.4. The molecule has 0 bridgehead atoms. The molecule has 20 heavy (non-hydrogen) atoms. The van der Waals surface area contributed by atoms with E-state index in [1.165, 1.54) is 18.2 Å². The maximum Gasteiger partial charge on any atom is 0.282 e. The van der Waals surface area contributed by atoms with Crippen LogP contribution in [0.5, 0.6) is 0 Å². The number of nitrogens with zero attached hydrogens (tertiary/aromatic N) is 1. The van der Waals surface area contributed by atoms with Crippen molar-refractivity contribution in [2.75, 3.05) is 5.32 Å². The molecule has 2 N–H and O–H groups in total. The highest BCUT2D eigenvalue weighted by atomic mass is 16.6. The van der Waals surface area contributed by atoms with Crippen LogP contribution in [-0.4, -0.2) is 15.9 Å². The predicted octanol–water partition coefficient (Wildman–Crippen LogP) is 2.34. The Labute approximate surface area is 114 Å². The number of rotatable bonds is 4. The first kappa shape index (κ1) is 13.7. The van der Waals surface area contributed by atoms with Gasteiger partial charge in [-0.15, -0.1) is 0 Å². The van der Waals surface area contributed by atoms with Gasteiger partial charge in [0, 0.05) is 17.3 Å². The first-order valence-corrected chi connectivity index (χ1v) is 5.87. The molecular weight excluding hydrogens is 260 g/mol. The van der Waals surface area contributed by atoms with Crippen molar-refractivity contribution in [3.8, 4) is 0 Å². The minimum atomic E-state index is -0.604. The van der Waals surface area contributed by atoms with Crippen LogP contribution >= 0.6 is 0 Å². The van der Waals surface area contributed by atoms with Crippen molar-refractivity contribution in [1.82, 2.24) is 0 Å². The molecule has 0 aromatic heterocycles. The quantitative estimate of drug-likeness (QED) is 0.660. The maximum absolute atomic E-state index is 12.1. The molecule has 0 radical (unpaired) electrons. The predicted molar refractivity (Wildman–Crippen MR) is 73.4 cm³/mol. The average Bonchev–Trinajstić information content (AvgIpc) is 2.47. The lowest BCUT2D eigenvalue weighted by molar-refractivity contribution is -0.385. The zero-order chi connectivity index (χ0) is 14.5. The Morgan fingerprint density at radius 2 is 1.80 bits per heavy atom. The molecule has 0 spiro atoms. The standard InChI is InChI=1S/C14H12N2O4/c17-9-10-5-1-3-7-12(10)15-14(18)11-6-2-4-8-13(11)16(19)20/h1-8,17H,9H2,(H,15,18). The van der Waals surface area contributed by atoms with Gasteiger partial charge in [-0.1, -0.05) is 30.3 Å². The number of amides is 1. The SMILES string of the molecule is O=C(Nc1ccccc1CO)c1ccccc1[N+](=O)[O-]. The highest BCUT2D eigenvalue weighted by Gasteiger charge is 2.19. The number of aliphatic hydroxyl groups is 1. The minimum Gasteiger partial charge on any atom is -0.392 e. The fraction of sp³-hybridized carbons (Fsp3) is 0.0714. The number of carbonyl (C=O) groups is 1. The van der Waals surface area contributed by atoms with E-state index in [4.69, 9.17) is 0 Å². The van der Waals surface area contributed by atoms with Crippen LogP contribution in [0, 0.1) is 10.1 Å². The van der Waals surface area contributed by atoms with Gasteiger partial charge in [0.15, 0.2) is 0 Å². The van der Waals surface area contributed by atoms with E-state index in [0.717, 1.165) is 0 Å². The molecule has 102 valence electrons. The Kier molecular flexibility index (Phi) is 4.07. The lowest BCUT2D eigenvalue weighted by atomic mass is 10.1. The van der Waals surface area contributed by atoms with E-state index in [-0.39, 0.29) is 17.9 Å². The van der Waals surface area contributed by atoms with Gasteiger partial charge in [-0.25, -0.2) is 0 Å². The van der Waals surface area contributed by atoms with E-state index in [2.05, 4.69) is 5.32 Å². The van der Waals surface area contributed by atoms with Crippen LogP contribution in [0.25, 0.3) is 0 Å². The summed E-state index contributed by atoms with van der Waals surface area (Å²) in [6.45, 7) is -0.229. The van der Waals surface area contributed by atoms with Crippen LogP contribution in [0.15, 0.2) is 48.5 Å². The van der Waals surface area contributed by atoms with E-state index in [0.29, 0.717) is 11.3 Å². The molecule has 0 heterocycles. The number of nitro benzene ring substituents is 1.